The molecule has 7 heavy (non-hydrogen) atoms. The van der Waals surface area contributed by atoms with Crippen LogP contribution in [-0.2, 0) is 19.5 Å². The molecule has 0 aromatic heterocycles. The minimum absolute atomic E-state index is 0. The van der Waals surface area contributed by atoms with Gasteiger partial charge >= 0.3 is 19.5 Å². The van der Waals surface area contributed by atoms with Crippen LogP contribution in [-0.4, -0.2) is 5.37 Å². The van der Waals surface area contributed by atoms with Gasteiger partial charge in [0.05, 0.1) is 0 Å². The average molecular weight is 162 g/mol. The van der Waals surface area contributed by atoms with Gasteiger partial charge in [-0.3, -0.25) is 6.58 Å². The predicted octanol–water partition coefficient (Wildman–Crippen LogP) is 1.41. The molecule has 0 spiro atoms. The molecule has 2 heteroatoms. The Balaban J connectivity index is 0. The molecule has 32 valence electrons. The van der Waals surface area contributed by atoms with Crippen LogP contribution in [0.25, 0.3) is 0 Å². The molecule has 0 aliphatic carbocycles. The number of rotatable bonds is 2. The van der Waals surface area contributed by atoms with E-state index < -0.39 is 0 Å². The summed E-state index contributed by atoms with van der Waals surface area (Å²) in [5, 5.41) is 2.36. The van der Waals surface area contributed by atoms with Crippen molar-refractivity contribution in [3.63, 3.8) is 0 Å². The van der Waals surface area contributed by atoms with Crippen LogP contribution in [0.1, 0.15) is 0 Å². The number of hydrogen-bond donors (Lipinski definition) is 0. The molecule has 0 saturated carbocycles. The van der Waals surface area contributed by atoms with E-state index in [1.807, 2.05) is 0 Å². The molecular formula is C5H4SZn. The van der Waals surface area contributed by atoms with Gasteiger partial charge in [0, 0.05) is 0 Å². The van der Waals surface area contributed by atoms with Crippen LogP contribution in [0.4, 0.5) is 0 Å². The van der Waals surface area contributed by atoms with Crippen LogP contribution in [0.15, 0.2) is 18.2 Å². The minimum atomic E-state index is 0. The molecule has 0 fully saturated rings. The summed E-state index contributed by atoms with van der Waals surface area (Å²) in [5.74, 6) is 0. The Kier molecular flexibility index (Phi) is 13.9. The quantitative estimate of drug-likeness (QED) is 0.194. The summed E-state index contributed by atoms with van der Waals surface area (Å²) in [6, 6.07) is 0. The Hall–Kier alpha value is 0.193. The fourth-order valence-corrected chi connectivity index (χ4v) is 0.173. The van der Waals surface area contributed by atoms with E-state index in [2.05, 4.69) is 17.6 Å². The third-order valence-corrected chi connectivity index (χ3v) is 0.411. The van der Waals surface area contributed by atoms with Gasteiger partial charge in [-0.25, -0.2) is 30.4 Å². The Morgan fingerprint density at radius 2 is 2.14 bits per heavy atom. The van der Waals surface area contributed by atoms with Gasteiger partial charge in [0.2, 0.25) is 0 Å². The van der Waals surface area contributed by atoms with Crippen LogP contribution in [0.2, 0.25) is 0 Å². The van der Waals surface area contributed by atoms with Gasteiger partial charge in [-0.05, 0) is 0 Å². The summed E-state index contributed by atoms with van der Waals surface area (Å²) in [6.07, 6.45) is 4.58. The number of allylic oxidation sites excluding steroid dienone is 3. The SMILES string of the molecule is [CH-]=C/C=C\[C-]=S.[Zn+2]. The summed E-state index contributed by atoms with van der Waals surface area (Å²) >= 11 is 4.31. The molecule has 0 heterocycles. The molecule has 0 aliphatic heterocycles. The maximum Gasteiger partial charge on any atom is 2.00 e. The molecule has 0 nitrogen and oxygen atoms in total. The van der Waals surface area contributed by atoms with Crippen molar-refractivity contribution in [1.29, 1.82) is 0 Å². The van der Waals surface area contributed by atoms with E-state index in [0.29, 0.717) is 0 Å². The maximum atomic E-state index is 4.92. The van der Waals surface area contributed by atoms with E-state index in [4.69, 9.17) is 6.58 Å². The fraction of sp³-hybridized carbons (Fsp3) is 0. The zero-order chi connectivity index (χ0) is 4.83. The molecule has 0 atom stereocenters. The molecule has 0 radical (unpaired) electrons. The summed E-state index contributed by atoms with van der Waals surface area (Å²) < 4.78 is 0. The smallest absolute Gasteiger partial charge is 0.293 e. The second-order valence-corrected chi connectivity index (χ2v) is 0.905. The number of hydrogen-bond acceptors (Lipinski definition) is 1. The van der Waals surface area contributed by atoms with Gasteiger partial charge in [0.25, 0.3) is 0 Å². The first kappa shape index (κ1) is 10.2. The normalized spacial score (nSPS) is 7.43. The van der Waals surface area contributed by atoms with Crippen molar-refractivity contribution in [2.75, 3.05) is 0 Å². The van der Waals surface area contributed by atoms with Crippen LogP contribution in [0.5, 0.6) is 0 Å². The minimum Gasteiger partial charge on any atom is -0.293 e. The third-order valence-electron chi connectivity index (χ3n) is 0.275. The van der Waals surface area contributed by atoms with Crippen molar-refractivity contribution in [2.24, 2.45) is 0 Å². The van der Waals surface area contributed by atoms with E-state index in [0.717, 1.165) is 0 Å². The Labute approximate surface area is 62.1 Å². The van der Waals surface area contributed by atoms with Gasteiger partial charge in [-0.15, -0.1) is 0 Å². The second-order valence-electron chi connectivity index (χ2n) is 0.669. The summed E-state index contributed by atoms with van der Waals surface area (Å²) in [6.45, 7) is 4.92. The predicted molar refractivity (Wildman–Crippen MR) is 30.6 cm³/mol. The van der Waals surface area contributed by atoms with Crippen molar-refractivity contribution in [2.45, 2.75) is 0 Å². The molecule has 0 aromatic carbocycles. The first-order chi connectivity index (χ1) is 2.91. The first-order valence-corrected chi connectivity index (χ1v) is 1.90. The zero-order valence-electron chi connectivity index (χ0n) is 3.92. The standard InChI is InChI=1S/C5H4S.Zn/c1-2-3-4-5-6;/h1-4H;/q-2;+2/b4-3-;. The molecular weight excluding hydrogens is 158 g/mol. The Morgan fingerprint density at radius 1 is 1.57 bits per heavy atom. The largest absolute Gasteiger partial charge is 2.00 e. The van der Waals surface area contributed by atoms with Crippen LogP contribution in [0.3, 0.4) is 0 Å². The van der Waals surface area contributed by atoms with E-state index >= 15 is 0 Å². The van der Waals surface area contributed by atoms with Crippen molar-refractivity contribution >= 4 is 17.6 Å². The van der Waals surface area contributed by atoms with Gasteiger partial charge in [0.1, 0.15) is 0 Å². The Morgan fingerprint density at radius 3 is 2.29 bits per heavy atom. The average Bonchev–Trinajstić information content (AvgIpc) is 1.61. The first-order valence-electron chi connectivity index (χ1n) is 1.49. The topological polar surface area (TPSA) is 0 Å². The summed E-state index contributed by atoms with van der Waals surface area (Å²) in [5.41, 5.74) is 0. The fourth-order valence-electron chi connectivity index (χ4n) is 0.0948. The molecule has 0 saturated heterocycles. The van der Waals surface area contributed by atoms with Crippen LogP contribution < -0.4 is 0 Å². The van der Waals surface area contributed by atoms with Gasteiger partial charge in [0.15, 0.2) is 0 Å². The maximum absolute atomic E-state index is 4.92. The third kappa shape index (κ3) is 10.7. The van der Waals surface area contributed by atoms with Crippen LogP contribution in [0, 0.1) is 6.58 Å². The van der Waals surface area contributed by atoms with Gasteiger partial charge in [-0.2, -0.15) is 5.37 Å². The second kappa shape index (κ2) is 9.50. The molecule has 0 amide bonds. The van der Waals surface area contributed by atoms with Gasteiger partial charge < -0.3 is 0 Å². The molecule has 0 aliphatic rings. The van der Waals surface area contributed by atoms with Crippen LogP contribution >= 0.6 is 12.2 Å². The molecule has 0 N–H and O–H groups in total. The molecule has 0 bridgehead atoms. The Bertz CT molecular complexity index is 66.1. The molecule has 0 aromatic rings. The van der Waals surface area contributed by atoms with Crippen molar-refractivity contribution in [3.05, 3.63) is 24.8 Å². The number of thiocarbonyl (C=S) groups is 1. The van der Waals surface area contributed by atoms with Crippen molar-refractivity contribution < 1.29 is 19.5 Å². The van der Waals surface area contributed by atoms with E-state index in [-0.39, 0.29) is 19.5 Å². The summed E-state index contributed by atoms with van der Waals surface area (Å²) in [4.78, 5) is 0. The zero-order valence-corrected chi connectivity index (χ0v) is 7.71. The van der Waals surface area contributed by atoms with E-state index in [1.54, 1.807) is 12.2 Å². The van der Waals surface area contributed by atoms with Gasteiger partial charge in [-0.1, -0.05) is 0 Å². The molecule has 0 unspecified atom stereocenters. The molecule has 0 rings (SSSR count). The van der Waals surface area contributed by atoms with E-state index in [1.165, 1.54) is 6.08 Å². The monoisotopic (exact) mass is 160 g/mol. The van der Waals surface area contributed by atoms with Crippen molar-refractivity contribution in [1.82, 2.24) is 0 Å². The van der Waals surface area contributed by atoms with E-state index in [9.17, 15) is 0 Å². The van der Waals surface area contributed by atoms with Crippen molar-refractivity contribution in [3.8, 4) is 0 Å². The summed E-state index contributed by atoms with van der Waals surface area (Å²) in [7, 11) is 0.